The van der Waals surface area contributed by atoms with E-state index in [1.54, 1.807) is 4.90 Å². The van der Waals surface area contributed by atoms with Gasteiger partial charge in [0.25, 0.3) is 0 Å². The first-order chi connectivity index (χ1) is 11.8. The molecule has 1 N–H and O–H groups in total. The van der Waals surface area contributed by atoms with E-state index >= 15 is 0 Å². The highest BCUT2D eigenvalue weighted by atomic mass is 35.5. The van der Waals surface area contributed by atoms with Crippen LogP contribution in [0.5, 0.6) is 0 Å². The van der Waals surface area contributed by atoms with Crippen molar-refractivity contribution < 1.29 is 9.53 Å². The number of aryl methyl sites for hydroxylation is 1. The topological polar surface area (TPSA) is 71.1 Å². The number of carbonyl (C=O) groups is 1. The van der Waals surface area contributed by atoms with Crippen LogP contribution in [-0.2, 0) is 4.74 Å². The number of ether oxygens (including phenoxy) is 1. The predicted molar refractivity (Wildman–Crippen MR) is 102 cm³/mol. The number of rotatable bonds is 0. The smallest absolute Gasteiger partial charge is 0.410 e. The lowest BCUT2D eigenvalue weighted by Crippen LogP contribution is -2.34. The minimum atomic E-state index is -0.361. The van der Waals surface area contributed by atoms with Gasteiger partial charge in [-0.05, 0) is 46.1 Å². The van der Waals surface area contributed by atoms with E-state index in [4.69, 9.17) is 16.3 Å². The minimum absolute atomic E-state index is 0.167. The van der Waals surface area contributed by atoms with Gasteiger partial charge in [0.1, 0.15) is 22.7 Å². The number of hydrogen-bond acceptors (Lipinski definition) is 4. The van der Waals surface area contributed by atoms with Crippen LogP contribution in [0.1, 0.15) is 53.0 Å². The second-order valence-corrected chi connectivity index (χ2v) is 6.89. The number of aromatic amines is 1. The molecule has 1 fully saturated rings. The van der Waals surface area contributed by atoms with Crippen LogP contribution >= 0.6 is 11.6 Å². The molecular weight excluding hydrogens is 340 g/mol. The largest absolute Gasteiger partial charge is 0.444 e. The second kappa shape index (κ2) is 9.61. The summed E-state index contributed by atoms with van der Waals surface area (Å²) in [5.74, 6) is 0. The third kappa shape index (κ3) is 6.53. The van der Waals surface area contributed by atoms with Crippen LogP contribution in [0, 0.1) is 6.92 Å². The molecule has 0 bridgehead atoms. The summed E-state index contributed by atoms with van der Waals surface area (Å²) >= 11 is 5.83. The van der Waals surface area contributed by atoms with Gasteiger partial charge in [0.05, 0.1) is 5.39 Å². The summed E-state index contributed by atoms with van der Waals surface area (Å²) in [5, 5.41) is 1.42. The van der Waals surface area contributed by atoms with Crippen molar-refractivity contribution in [2.24, 2.45) is 0 Å². The van der Waals surface area contributed by atoms with Crippen molar-refractivity contribution in [1.29, 1.82) is 0 Å². The number of hydrogen-bond donors (Lipinski definition) is 1. The molecule has 1 amide bonds. The summed E-state index contributed by atoms with van der Waals surface area (Å²) in [6.45, 7) is 13.3. The van der Waals surface area contributed by atoms with Crippen molar-refractivity contribution in [2.45, 2.75) is 60.0 Å². The van der Waals surface area contributed by atoms with Gasteiger partial charge in [0, 0.05) is 19.3 Å². The number of carbonyl (C=O) groups excluding carboxylic acids is 1. The molecule has 1 aliphatic heterocycles. The van der Waals surface area contributed by atoms with Crippen LogP contribution in [0.2, 0.25) is 5.15 Å². The van der Waals surface area contributed by atoms with Gasteiger partial charge in [0.15, 0.2) is 0 Å². The number of H-pyrrole nitrogens is 1. The van der Waals surface area contributed by atoms with Gasteiger partial charge in [-0.25, -0.2) is 14.8 Å². The highest BCUT2D eigenvalue weighted by Gasteiger charge is 2.23. The highest BCUT2D eigenvalue weighted by Crippen LogP contribution is 2.21. The third-order valence-electron chi connectivity index (χ3n) is 3.38. The fourth-order valence-electron chi connectivity index (χ4n) is 2.30. The van der Waals surface area contributed by atoms with Crippen molar-refractivity contribution in [3.8, 4) is 0 Å². The molecule has 1 saturated heterocycles. The summed E-state index contributed by atoms with van der Waals surface area (Å²) in [4.78, 5) is 24.0. The van der Waals surface area contributed by atoms with Crippen molar-refractivity contribution in [2.75, 3.05) is 13.1 Å². The Morgan fingerprint density at radius 3 is 2.36 bits per heavy atom. The molecule has 0 aromatic carbocycles. The molecule has 0 radical (unpaired) electrons. The number of amides is 1. The molecule has 0 atom stereocenters. The monoisotopic (exact) mass is 368 g/mol. The standard InChI is InChI=1S/C9H17NO2.C7H6ClN3.C2H6/c1-9(2,3)12-8(11)10-6-4-5-7-10;1-4-2-9-7-5(4)6(8)10-3-11-7;1-2/h4-7H2,1-3H3;2-3H,1H3,(H,9,10,11);1-2H3. The fourth-order valence-corrected chi connectivity index (χ4v) is 2.58. The number of likely N-dealkylation sites (tertiary alicyclic amines) is 1. The van der Waals surface area contributed by atoms with E-state index in [1.165, 1.54) is 6.33 Å². The Kier molecular flexibility index (Phi) is 8.16. The lowest BCUT2D eigenvalue weighted by Gasteiger charge is -2.23. The van der Waals surface area contributed by atoms with Gasteiger partial charge >= 0.3 is 6.09 Å². The molecule has 7 heteroatoms. The SMILES string of the molecule is CC.CC(C)(C)OC(=O)N1CCCC1.Cc1c[nH]c2ncnc(Cl)c12. The molecule has 25 heavy (non-hydrogen) atoms. The summed E-state index contributed by atoms with van der Waals surface area (Å²) in [6, 6.07) is 0. The summed E-state index contributed by atoms with van der Waals surface area (Å²) in [5.41, 5.74) is 1.51. The third-order valence-corrected chi connectivity index (χ3v) is 3.67. The van der Waals surface area contributed by atoms with Crippen LogP contribution in [0.25, 0.3) is 11.0 Å². The van der Waals surface area contributed by atoms with Crippen LogP contribution in [0.3, 0.4) is 0 Å². The molecule has 3 rings (SSSR count). The normalized spacial score (nSPS) is 13.6. The Morgan fingerprint density at radius 2 is 1.84 bits per heavy atom. The lowest BCUT2D eigenvalue weighted by molar-refractivity contribution is 0.0295. The molecule has 0 aliphatic carbocycles. The number of nitrogens with one attached hydrogen (secondary N) is 1. The molecular formula is C18H29ClN4O2. The average Bonchev–Trinajstić information content (AvgIpc) is 3.19. The number of fused-ring (bicyclic) bond motifs is 1. The van der Waals surface area contributed by atoms with E-state index in [9.17, 15) is 4.79 Å². The van der Waals surface area contributed by atoms with Crippen molar-refractivity contribution in [3.05, 3.63) is 23.2 Å². The first-order valence-corrected chi connectivity index (χ1v) is 9.08. The highest BCUT2D eigenvalue weighted by molar-refractivity contribution is 6.34. The van der Waals surface area contributed by atoms with Crippen LogP contribution in [-0.4, -0.2) is 44.6 Å². The molecule has 0 saturated carbocycles. The number of halogens is 1. The minimum Gasteiger partial charge on any atom is -0.444 e. The van der Waals surface area contributed by atoms with Gasteiger partial charge in [-0.3, -0.25) is 0 Å². The Labute approximate surface area is 154 Å². The molecule has 2 aromatic rings. The van der Waals surface area contributed by atoms with Gasteiger partial charge in [-0.15, -0.1) is 0 Å². The Hall–Kier alpha value is -1.82. The Morgan fingerprint density at radius 1 is 1.24 bits per heavy atom. The fraction of sp³-hybridized carbons (Fsp3) is 0.611. The average molecular weight is 369 g/mol. The lowest BCUT2D eigenvalue weighted by atomic mass is 10.2. The molecule has 140 valence electrons. The van der Waals surface area contributed by atoms with Crippen LogP contribution in [0.4, 0.5) is 4.79 Å². The van der Waals surface area contributed by atoms with Crippen molar-refractivity contribution in [3.63, 3.8) is 0 Å². The molecule has 6 nitrogen and oxygen atoms in total. The van der Waals surface area contributed by atoms with E-state index in [2.05, 4.69) is 15.0 Å². The maximum Gasteiger partial charge on any atom is 0.410 e. The summed E-state index contributed by atoms with van der Waals surface area (Å²) in [6.07, 6.45) is 5.37. The van der Waals surface area contributed by atoms with Crippen molar-refractivity contribution in [1.82, 2.24) is 19.9 Å². The van der Waals surface area contributed by atoms with Gasteiger partial charge in [-0.2, -0.15) is 0 Å². The predicted octanol–water partition coefficient (Wildman–Crippen LogP) is 4.96. The zero-order valence-electron chi connectivity index (χ0n) is 16.0. The van der Waals surface area contributed by atoms with Crippen LogP contribution in [0.15, 0.2) is 12.5 Å². The molecule has 0 unspecified atom stereocenters. The molecule has 1 aliphatic rings. The summed E-state index contributed by atoms with van der Waals surface area (Å²) < 4.78 is 5.21. The van der Waals surface area contributed by atoms with E-state index in [-0.39, 0.29) is 11.7 Å². The zero-order valence-corrected chi connectivity index (χ0v) is 16.8. The van der Waals surface area contributed by atoms with Gasteiger partial charge < -0.3 is 14.6 Å². The van der Waals surface area contributed by atoms with E-state index in [1.807, 2.05) is 47.7 Å². The molecule has 0 spiro atoms. The number of nitrogens with zero attached hydrogens (tertiary/aromatic N) is 3. The zero-order chi connectivity index (χ0) is 19.0. The second-order valence-electron chi connectivity index (χ2n) is 6.53. The van der Waals surface area contributed by atoms with Gasteiger partial charge in [0.2, 0.25) is 0 Å². The van der Waals surface area contributed by atoms with Gasteiger partial charge in [-0.1, -0.05) is 25.4 Å². The quantitative estimate of drug-likeness (QED) is 0.667. The Bertz CT molecular complexity index is 673. The molecule has 3 heterocycles. The maximum atomic E-state index is 11.4. The molecule has 2 aromatic heterocycles. The summed E-state index contributed by atoms with van der Waals surface area (Å²) in [7, 11) is 0. The van der Waals surface area contributed by atoms with E-state index in [0.29, 0.717) is 5.15 Å². The van der Waals surface area contributed by atoms with E-state index < -0.39 is 0 Å². The number of aromatic nitrogens is 3. The first-order valence-electron chi connectivity index (χ1n) is 8.70. The Balaban J connectivity index is 0.000000228. The maximum absolute atomic E-state index is 11.4. The van der Waals surface area contributed by atoms with Crippen LogP contribution < -0.4 is 0 Å². The van der Waals surface area contributed by atoms with E-state index in [0.717, 1.165) is 42.5 Å². The first kappa shape index (κ1) is 21.2. The van der Waals surface area contributed by atoms with Crippen molar-refractivity contribution >= 4 is 28.7 Å².